The fraction of sp³-hybridized carbons (Fsp3) is 0.947. The SMILES string of the molecule is CCCCCCCCC(OOC(C)(C)C1CCCCC1)C(=O)O. The van der Waals surface area contributed by atoms with E-state index in [0.29, 0.717) is 12.3 Å². The average Bonchev–Trinajstić information content (AvgIpc) is 2.54. The van der Waals surface area contributed by atoms with E-state index < -0.39 is 17.7 Å². The van der Waals surface area contributed by atoms with Crippen molar-refractivity contribution >= 4 is 5.97 Å². The molecule has 0 aliphatic heterocycles. The molecule has 0 aromatic heterocycles. The summed E-state index contributed by atoms with van der Waals surface area (Å²) in [5.74, 6) is -0.460. The van der Waals surface area contributed by atoms with Gasteiger partial charge in [0.05, 0.1) is 0 Å². The first kappa shape index (κ1) is 20.4. The van der Waals surface area contributed by atoms with Crippen molar-refractivity contribution in [3.63, 3.8) is 0 Å². The number of hydrogen-bond donors (Lipinski definition) is 1. The van der Waals surface area contributed by atoms with Crippen LogP contribution in [0.2, 0.25) is 0 Å². The van der Waals surface area contributed by atoms with E-state index in [9.17, 15) is 9.90 Å². The number of carbonyl (C=O) groups is 1. The number of rotatable bonds is 12. The van der Waals surface area contributed by atoms with Gasteiger partial charge in [0.1, 0.15) is 5.60 Å². The third-order valence-electron chi connectivity index (χ3n) is 5.06. The topological polar surface area (TPSA) is 55.8 Å². The van der Waals surface area contributed by atoms with Crippen LogP contribution < -0.4 is 0 Å². The van der Waals surface area contributed by atoms with Crippen LogP contribution in [0.3, 0.4) is 0 Å². The van der Waals surface area contributed by atoms with Crippen LogP contribution >= 0.6 is 0 Å². The van der Waals surface area contributed by atoms with Crippen molar-refractivity contribution in [1.82, 2.24) is 0 Å². The van der Waals surface area contributed by atoms with Crippen LogP contribution in [-0.4, -0.2) is 22.8 Å². The lowest BCUT2D eigenvalue weighted by molar-refractivity contribution is -0.383. The highest BCUT2D eigenvalue weighted by Gasteiger charge is 2.34. The number of aliphatic carboxylic acids is 1. The molecule has 4 heteroatoms. The van der Waals surface area contributed by atoms with E-state index in [-0.39, 0.29) is 0 Å². The Balaban J connectivity index is 2.30. The molecule has 0 heterocycles. The van der Waals surface area contributed by atoms with Gasteiger partial charge in [-0.15, -0.1) is 0 Å². The van der Waals surface area contributed by atoms with Gasteiger partial charge in [0.15, 0.2) is 6.10 Å². The highest BCUT2D eigenvalue weighted by atomic mass is 17.2. The number of carboxylic acid groups (broad SMARTS) is 1. The Bertz CT molecular complexity index is 321. The summed E-state index contributed by atoms with van der Waals surface area (Å²) in [6, 6.07) is 0. The summed E-state index contributed by atoms with van der Waals surface area (Å²) in [7, 11) is 0. The van der Waals surface area contributed by atoms with Crippen LogP contribution in [0.4, 0.5) is 0 Å². The molecule has 4 nitrogen and oxygen atoms in total. The molecule has 0 spiro atoms. The molecule has 1 saturated carbocycles. The van der Waals surface area contributed by atoms with Crippen LogP contribution in [-0.2, 0) is 14.6 Å². The minimum absolute atomic E-state index is 0.407. The largest absolute Gasteiger partial charge is 0.479 e. The highest BCUT2D eigenvalue weighted by molar-refractivity contribution is 5.72. The first-order valence-corrected chi connectivity index (χ1v) is 9.54. The van der Waals surface area contributed by atoms with Crippen LogP contribution in [0, 0.1) is 5.92 Å². The molecule has 1 aliphatic carbocycles. The van der Waals surface area contributed by atoms with E-state index in [1.54, 1.807) is 0 Å². The molecular formula is C19H36O4. The van der Waals surface area contributed by atoms with Crippen molar-refractivity contribution in [2.24, 2.45) is 5.92 Å². The molecular weight excluding hydrogens is 292 g/mol. The third-order valence-corrected chi connectivity index (χ3v) is 5.06. The number of hydrogen-bond acceptors (Lipinski definition) is 3. The Hall–Kier alpha value is -0.610. The summed E-state index contributed by atoms with van der Waals surface area (Å²) >= 11 is 0. The van der Waals surface area contributed by atoms with Crippen LogP contribution in [0.1, 0.15) is 97.8 Å². The van der Waals surface area contributed by atoms with Gasteiger partial charge in [-0.2, -0.15) is 0 Å². The summed E-state index contributed by atoms with van der Waals surface area (Å²) in [4.78, 5) is 22.3. The maximum atomic E-state index is 11.4. The van der Waals surface area contributed by atoms with Gasteiger partial charge in [0.2, 0.25) is 0 Å². The Kier molecular flexibility index (Phi) is 9.80. The molecule has 1 fully saturated rings. The van der Waals surface area contributed by atoms with Crippen LogP contribution in [0.25, 0.3) is 0 Å². The normalized spacial score (nSPS) is 18.0. The van der Waals surface area contributed by atoms with Crippen molar-refractivity contribution in [2.75, 3.05) is 0 Å². The van der Waals surface area contributed by atoms with Crippen molar-refractivity contribution < 1.29 is 19.7 Å². The van der Waals surface area contributed by atoms with E-state index in [4.69, 9.17) is 9.78 Å². The third kappa shape index (κ3) is 8.16. The summed E-state index contributed by atoms with van der Waals surface area (Å²) in [5, 5.41) is 9.32. The van der Waals surface area contributed by atoms with E-state index in [0.717, 1.165) is 25.7 Å². The molecule has 0 bridgehead atoms. The Morgan fingerprint density at radius 1 is 1.09 bits per heavy atom. The second kappa shape index (κ2) is 11.0. The molecule has 0 radical (unpaired) electrons. The smallest absolute Gasteiger partial charge is 0.336 e. The van der Waals surface area contributed by atoms with Crippen molar-refractivity contribution in [3.05, 3.63) is 0 Å². The molecule has 1 N–H and O–H groups in total. The minimum Gasteiger partial charge on any atom is -0.479 e. The number of carboxylic acids is 1. The van der Waals surface area contributed by atoms with Gasteiger partial charge in [-0.3, -0.25) is 0 Å². The average molecular weight is 328 g/mol. The maximum absolute atomic E-state index is 11.4. The van der Waals surface area contributed by atoms with Crippen molar-refractivity contribution in [2.45, 2.75) is 110 Å². The Labute approximate surface area is 141 Å². The van der Waals surface area contributed by atoms with Gasteiger partial charge in [0, 0.05) is 0 Å². The zero-order valence-electron chi connectivity index (χ0n) is 15.3. The van der Waals surface area contributed by atoms with E-state index in [2.05, 4.69) is 6.92 Å². The second-order valence-corrected chi connectivity index (χ2v) is 7.50. The molecule has 0 amide bonds. The van der Waals surface area contributed by atoms with Gasteiger partial charge in [-0.25, -0.2) is 14.6 Å². The summed E-state index contributed by atoms with van der Waals surface area (Å²) in [6.07, 6.45) is 12.6. The fourth-order valence-corrected chi connectivity index (χ4v) is 3.37. The summed E-state index contributed by atoms with van der Waals surface area (Å²) in [5.41, 5.74) is -0.407. The predicted octanol–water partition coefficient (Wildman–Crippen LogP) is 5.50. The van der Waals surface area contributed by atoms with Gasteiger partial charge in [-0.05, 0) is 39.0 Å². The quantitative estimate of drug-likeness (QED) is 0.292. The first-order valence-electron chi connectivity index (χ1n) is 9.54. The van der Waals surface area contributed by atoms with E-state index >= 15 is 0 Å². The predicted molar refractivity (Wildman–Crippen MR) is 92.2 cm³/mol. The highest BCUT2D eigenvalue weighted by Crippen LogP contribution is 2.35. The Morgan fingerprint density at radius 3 is 2.30 bits per heavy atom. The zero-order valence-corrected chi connectivity index (χ0v) is 15.3. The van der Waals surface area contributed by atoms with Gasteiger partial charge >= 0.3 is 5.97 Å². The summed E-state index contributed by atoms with van der Waals surface area (Å²) < 4.78 is 0. The van der Waals surface area contributed by atoms with Gasteiger partial charge in [-0.1, -0.05) is 64.7 Å². The monoisotopic (exact) mass is 328 g/mol. The van der Waals surface area contributed by atoms with Crippen LogP contribution in [0.5, 0.6) is 0 Å². The molecule has 23 heavy (non-hydrogen) atoms. The van der Waals surface area contributed by atoms with E-state index in [1.165, 1.54) is 44.9 Å². The molecule has 136 valence electrons. The first-order chi connectivity index (χ1) is 11.0. The molecule has 1 unspecified atom stereocenters. The second-order valence-electron chi connectivity index (χ2n) is 7.50. The standard InChI is InChI=1S/C19H36O4/c1-4-5-6-7-8-12-15-17(18(20)21)22-23-19(2,3)16-13-10-9-11-14-16/h16-17H,4-15H2,1-3H3,(H,20,21). The molecule has 0 aromatic carbocycles. The molecule has 1 atom stereocenters. The lowest BCUT2D eigenvalue weighted by Crippen LogP contribution is -2.38. The van der Waals surface area contributed by atoms with Gasteiger partial charge in [0.25, 0.3) is 0 Å². The van der Waals surface area contributed by atoms with Crippen molar-refractivity contribution in [3.8, 4) is 0 Å². The molecule has 0 saturated heterocycles. The Morgan fingerprint density at radius 2 is 1.70 bits per heavy atom. The molecule has 1 rings (SSSR count). The fourth-order valence-electron chi connectivity index (χ4n) is 3.37. The molecule has 0 aromatic rings. The number of unbranched alkanes of at least 4 members (excludes halogenated alkanes) is 5. The maximum Gasteiger partial charge on any atom is 0.336 e. The van der Waals surface area contributed by atoms with E-state index in [1.807, 2.05) is 13.8 Å². The summed E-state index contributed by atoms with van der Waals surface area (Å²) in [6.45, 7) is 6.24. The zero-order chi connectivity index (χ0) is 17.1. The minimum atomic E-state index is -0.919. The van der Waals surface area contributed by atoms with Crippen LogP contribution in [0.15, 0.2) is 0 Å². The molecule has 1 aliphatic rings. The van der Waals surface area contributed by atoms with Gasteiger partial charge < -0.3 is 5.11 Å². The van der Waals surface area contributed by atoms with Crippen molar-refractivity contribution in [1.29, 1.82) is 0 Å². The lowest BCUT2D eigenvalue weighted by atomic mass is 9.79. The lowest BCUT2D eigenvalue weighted by Gasteiger charge is -2.36.